The standard InChI is InChI=1S/C31H53NO6/c1-15-12-23-31(35,14-37-23)27-19(5)29(10)13-22(26(38-36)25(34)20(6)32-21(7)33)17(3)24(28(29,8)9)16(2)18(4)30(15,27)11/h15-16,18-20,22-23,25-27,34-36H,12-14H2,1-11H3,(H,32,33)/t15?,16?,18?,19?,20?,22?,23?,25?,26-,27?,29?,30-,31-/m0/s1. The number of amides is 1. The van der Waals surface area contributed by atoms with Crippen LogP contribution < -0.4 is 5.32 Å². The van der Waals surface area contributed by atoms with Crippen molar-refractivity contribution in [3.8, 4) is 0 Å². The molecule has 1 amide bonds. The predicted octanol–water partition coefficient (Wildman–Crippen LogP) is 4.81. The molecule has 0 aromatic heterocycles. The van der Waals surface area contributed by atoms with Crippen molar-refractivity contribution < 1.29 is 29.9 Å². The van der Waals surface area contributed by atoms with Crippen LogP contribution in [0.2, 0.25) is 0 Å². The molecule has 0 aromatic rings. The summed E-state index contributed by atoms with van der Waals surface area (Å²) in [6.07, 6.45) is -0.542. The summed E-state index contributed by atoms with van der Waals surface area (Å²) >= 11 is 0. The maximum Gasteiger partial charge on any atom is 0.217 e. The van der Waals surface area contributed by atoms with E-state index < -0.39 is 23.9 Å². The second-order valence-corrected chi connectivity index (χ2v) is 14.6. The molecular formula is C31H53NO6. The van der Waals surface area contributed by atoms with Crippen molar-refractivity contribution in [1.29, 1.82) is 0 Å². The Morgan fingerprint density at radius 2 is 1.74 bits per heavy atom. The molecule has 0 aromatic carbocycles. The highest BCUT2D eigenvalue weighted by Crippen LogP contribution is 2.71. The molecule has 4 aliphatic rings. The van der Waals surface area contributed by atoms with E-state index in [4.69, 9.17) is 9.62 Å². The summed E-state index contributed by atoms with van der Waals surface area (Å²) in [5.74, 6) is 0.596. The number of hydrogen-bond acceptors (Lipinski definition) is 6. The van der Waals surface area contributed by atoms with E-state index in [0.717, 1.165) is 6.42 Å². The molecule has 3 aliphatic carbocycles. The predicted molar refractivity (Wildman–Crippen MR) is 147 cm³/mol. The number of aliphatic hydroxyl groups excluding tert-OH is 1. The van der Waals surface area contributed by atoms with Crippen LogP contribution in [0, 0.1) is 51.8 Å². The van der Waals surface area contributed by atoms with E-state index >= 15 is 0 Å². The summed E-state index contributed by atoms with van der Waals surface area (Å²) in [4.78, 5) is 16.8. The van der Waals surface area contributed by atoms with Crippen LogP contribution in [0.3, 0.4) is 0 Å². The summed E-state index contributed by atoms with van der Waals surface area (Å²) in [6, 6.07) is -0.583. The van der Waals surface area contributed by atoms with Gasteiger partial charge in [-0.15, -0.1) is 0 Å². The van der Waals surface area contributed by atoms with Crippen molar-refractivity contribution in [2.45, 2.75) is 119 Å². The highest BCUT2D eigenvalue weighted by atomic mass is 17.1. The zero-order chi connectivity index (χ0) is 28.7. The monoisotopic (exact) mass is 535 g/mol. The van der Waals surface area contributed by atoms with Gasteiger partial charge in [0.25, 0.3) is 0 Å². The fraction of sp³-hybridized carbons (Fsp3) is 0.903. The molecule has 7 nitrogen and oxygen atoms in total. The van der Waals surface area contributed by atoms with Crippen LogP contribution in [0.15, 0.2) is 11.1 Å². The van der Waals surface area contributed by atoms with Crippen LogP contribution in [0.1, 0.15) is 89.0 Å². The van der Waals surface area contributed by atoms with Crippen LogP contribution in [-0.4, -0.2) is 57.9 Å². The molecule has 4 rings (SSSR count). The summed E-state index contributed by atoms with van der Waals surface area (Å²) in [5.41, 5.74) is 1.14. The Bertz CT molecular complexity index is 979. The van der Waals surface area contributed by atoms with Gasteiger partial charge in [0.05, 0.1) is 18.8 Å². The minimum Gasteiger partial charge on any atom is -0.388 e. The first-order valence-electron chi connectivity index (χ1n) is 14.7. The highest BCUT2D eigenvalue weighted by molar-refractivity contribution is 5.73. The maximum absolute atomic E-state index is 12.2. The van der Waals surface area contributed by atoms with E-state index in [2.05, 4.69) is 67.6 Å². The smallest absolute Gasteiger partial charge is 0.217 e. The van der Waals surface area contributed by atoms with E-state index in [0.29, 0.717) is 24.9 Å². The van der Waals surface area contributed by atoms with Gasteiger partial charge in [0.15, 0.2) is 0 Å². The minimum atomic E-state index is -1.09. The number of nitrogens with one attached hydrogen (secondary N) is 1. The van der Waals surface area contributed by atoms with Crippen LogP contribution in [0.25, 0.3) is 0 Å². The molecule has 218 valence electrons. The second-order valence-electron chi connectivity index (χ2n) is 14.6. The Labute approximate surface area is 229 Å². The van der Waals surface area contributed by atoms with Gasteiger partial charge in [-0.3, -0.25) is 10.1 Å². The van der Waals surface area contributed by atoms with Crippen LogP contribution in [0.4, 0.5) is 0 Å². The number of carbonyl (C=O) groups is 1. The largest absolute Gasteiger partial charge is 0.388 e. The zero-order valence-electron chi connectivity index (χ0n) is 25.5. The van der Waals surface area contributed by atoms with E-state index in [-0.39, 0.29) is 51.9 Å². The fourth-order valence-corrected chi connectivity index (χ4v) is 10.2. The van der Waals surface area contributed by atoms with Crippen LogP contribution in [-0.2, 0) is 14.4 Å². The highest BCUT2D eigenvalue weighted by Gasteiger charge is 2.71. The van der Waals surface area contributed by atoms with E-state index in [1.54, 1.807) is 6.92 Å². The average molecular weight is 536 g/mol. The van der Waals surface area contributed by atoms with E-state index in [1.165, 1.54) is 18.1 Å². The third-order valence-corrected chi connectivity index (χ3v) is 13.1. The van der Waals surface area contributed by atoms with Gasteiger partial charge >= 0.3 is 0 Å². The lowest BCUT2D eigenvalue weighted by molar-refractivity contribution is -0.340. The quantitative estimate of drug-likeness (QED) is 0.229. The Morgan fingerprint density at radius 1 is 1.13 bits per heavy atom. The molecule has 10 unspecified atom stereocenters. The Balaban J connectivity index is 1.91. The molecule has 1 saturated heterocycles. The van der Waals surface area contributed by atoms with Crippen molar-refractivity contribution in [2.75, 3.05) is 6.61 Å². The summed E-state index contributed by atoms with van der Waals surface area (Å²) < 4.78 is 5.98. The lowest BCUT2D eigenvalue weighted by atomic mass is 9.36. The number of hydrogen-bond donors (Lipinski definition) is 4. The molecule has 0 spiro atoms. The van der Waals surface area contributed by atoms with Crippen LogP contribution >= 0.6 is 0 Å². The Kier molecular flexibility index (Phi) is 7.53. The SMILES string of the molecule is CC(=O)NC(C)C(O)[C@@H](OO)C1CC2(C)C(C)C3[C@]4(O)COC4CC(C)[C@@]3(C)C(C)C(C)C(=C1C)C2(C)C. The molecule has 38 heavy (non-hydrogen) atoms. The fourth-order valence-electron chi connectivity index (χ4n) is 10.2. The van der Waals surface area contributed by atoms with Crippen LogP contribution in [0.5, 0.6) is 0 Å². The van der Waals surface area contributed by atoms with Crippen molar-refractivity contribution in [3.05, 3.63) is 11.1 Å². The van der Waals surface area contributed by atoms with Crippen molar-refractivity contribution >= 4 is 5.91 Å². The molecule has 1 aliphatic heterocycles. The maximum atomic E-state index is 12.2. The minimum absolute atomic E-state index is 0.0385. The van der Waals surface area contributed by atoms with E-state index in [9.17, 15) is 20.3 Å². The van der Waals surface area contributed by atoms with Gasteiger partial charge in [0.2, 0.25) is 5.91 Å². The molecular weight excluding hydrogens is 482 g/mol. The van der Waals surface area contributed by atoms with Crippen molar-refractivity contribution in [2.24, 2.45) is 51.8 Å². The first-order valence-corrected chi connectivity index (χ1v) is 14.7. The van der Waals surface area contributed by atoms with Gasteiger partial charge in [0, 0.05) is 18.8 Å². The third kappa shape index (κ3) is 3.82. The number of fused-ring (bicyclic) bond motifs is 5. The first-order chi connectivity index (χ1) is 17.4. The molecule has 1 heterocycles. The summed E-state index contributed by atoms with van der Waals surface area (Å²) in [5, 5.41) is 36.4. The topological polar surface area (TPSA) is 108 Å². The van der Waals surface area contributed by atoms with Gasteiger partial charge in [0.1, 0.15) is 17.8 Å². The van der Waals surface area contributed by atoms with Gasteiger partial charge < -0.3 is 20.3 Å². The molecule has 2 saturated carbocycles. The second kappa shape index (κ2) is 9.54. The Morgan fingerprint density at radius 3 is 2.24 bits per heavy atom. The number of aliphatic hydroxyl groups is 2. The van der Waals surface area contributed by atoms with Crippen molar-refractivity contribution in [1.82, 2.24) is 5.32 Å². The van der Waals surface area contributed by atoms with E-state index in [1.807, 2.05) is 0 Å². The normalized spacial score (nSPS) is 48.4. The molecule has 7 heteroatoms. The number of rotatable bonds is 5. The van der Waals surface area contributed by atoms with Gasteiger partial charge in [-0.25, -0.2) is 4.89 Å². The number of carbonyl (C=O) groups excluding carboxylic acids is 1. The average Bonchev–Trinajstić information content (AvgIpc) is 2.82. The zero-order valence-corrected chi connectivity index (χ0v) is 25.5. The third-order valence-electron chi connectivity index (χ3n) is 13.1. The van der Waals surface area contributed by atoms with Gasteiger partial charge in [-0.2, -0.15) is 0 Å². The molecule has 13 atom stereocenters. The summed E-state index contributed by atoms with van der Waals surface area (Å²) in [6.45, 7) is 24.5. The molecule has 3 fully saturated rings. The number of allylic oxidation sites excluding steroid dienone is 1. The summed E-state index contributed by atoms with van der Waals surface area (Å²) in [7, 11) is 0. The first kappa shape index (κ1) is 30.0. The number of ether oxygens (including phenoxy) is 1. The molecule has 2 bridgehead atoms. The molecule has 4 N–H and O–H groups in total. The molecule has 0 radical (unpaired) electrons. The van der Waals surface area contributed by atoms with Crippen molar-refractivity contribution in [3.63, 3.8) is 0 Å². The Hall–Kier alpha value is -0.990. The van der Waals surface area contributed by atoms with Gasteiger partial charge in [-0.1, -0.05) is 66.5 Å². The lowest BCUT2D eigenvalue weighted by Crippen LogP contribution is -2.75. The lowest BCUT2D eigenvalue weighted by Gasteiger charge is -2.71. The van der Waals surface area contributed by atoms with Gasteiger partial charge in [-0.05, 0) is 66.6 Å².